The molecule has 0 saturated carbocycles. The lowest BCUT2D eigenvalue weighted by Gasteiger charge is -2.14. The number of carbonyl (C=O) groups is 1. The van der Waals surface area contributed by atoms with Gasteiger partial charge in [0.25, 0.3) is 10.0 Å². The van der Waals surface area contributed by atoms with Gasteiger partial charge in [0.1, 0.15) is 10.6 Å². The quantitative estimate of drug-likeness (QED) is 0.698. The number of benzene rings is 2. The van der Waals surface area contributed by atoms with E-state index in [4.69, 9.17) is 9.47 Å². The molecule has 0 bridgehead atoms. The van der Waals surface area contributed by atoms with Crippen molar-refractivity contribution in [3.63, 3.8) is 0 Å². The number of carbonyl (C=O) groups excluding carboxylic acids is 1. The van der Waals surface area contributed by atoms with E-state index >= 15 is 0 Å². The first-order chi connectivity index (χ1) is 12.9. The van der Waals surface area contributed by atoms with E-state index in [0.717, 1.165) is 4.47 Å². The van der Waals surface area contributed by atoms with Gasteiger partial charge >= 0.3 is 0 Å². The number of ether oxygens (including phenoxy) is 2. The summed E-state index contributed by atoms with van der Waals surface area (Å²) in [6.45, 7) is 0.926. The van der Waals surface area contributed by atoms with Gasteiger partial charge < -0.3 is 14.8 Å². The summed E-state index contributed by atoms with van der Waals surface area (Å²) in [6, 6.07) is 11.2. The van der Waals surface area contributed by atoms with Crippen LogP contribution in [0.3, 0.4) is 0 Å². The minimum atomic E-state index is -3.91. The van der Waals surface area contributed by atoms with Gasteiger partial charge in [-0.25, -0.2) is 8.42 Å². The van der Waals surface area contributed by atoms with Crippen LogP contribution in [-0.2, 0) is 19.6 Å². The smallest absolute Gasteiger partial charge is 0.265 e. The van der Waals surface area contributed by atoms with Crippen LogP contribution in [0.2, 0.25) is 0 Å². The summed E-state index contributed by atoms with van der Waals surface area (Å²) in [5, 5.41) is 2.75. The Kier molecular flexibility index (Phi) is 6.03. The van der Waals surface area contributed by atoms with E-state index in [1.54, 1.807) is 30.3 Å². The molecule has 7 nitrogen and oxygen atoms in total. The molecule has 27 heavy (non-hydrogen) atoms. The summed E-state index contributed by atoms with van der Waals surface area (Å²) in [7, 11) is -2.52. The summed E-state index contributed by atoms with van der Waals surface area (Å²) >= 11 is 3.31. The molecule has 2 aromatic carbocycles. The normalized spacial score (nSPS) is 16.7. The molecule has 1 aliphatic heterocycles. The van der Waals surface area contributed by atoms with Crippen molar-refractivity contribution in [1.29, 1.82) is 0 Å². The summed E-state index contributed by atoms with van der Waals surface area (Å²) in [4.78, 5) is 12.2. The van der Waals surface area contributed by atoms with E-state index < -0.39 is 10.0 Å². The second-order valence-electron chi connectivity index (χ2n) is 6.03. The summed E-state index contributed by atoms with van der Waals surface area (Å²) in [5.41, 5.74) is 0.793. The number of anilines is 2. The average molecular weight is 455 g/mol. The predicted octanol–water partition coefficient (Wildman–Crippen LogP) is 3.23. The number of sulfonamides is 1. The van der Waals surface area contributed by atoms with Crippen LogP contribution in [-0.4, -0.2) is 34.6 Å². The van der Waals surface area contributed by atoms with E-state index in [2.05, 4.69) is 26.0 Å². The molecule has 1 atom stereocenters. The van der Waals surface area contributed by atoms with Gasteiger partial charge in [-0.15, -0.1) is 0 Å². The number of rotatable bonds is 6. The first-order valence-electron chi connectivity index (χ1n) is 8.24. The molecular weight excluding hydrogens is 436 g/mol. The van der Waals surface area contributed by atoms with Crippen molar-refractivity contribution in [3.8, 4) is 5.75 Å². The Bertz CT molecular complexity index is 925. The fourth-order valence-electron chi connectivity index (χ4n) is 2.68. The van der Waals surface area contributed by atoms with Crippen LogP contribution in [0.4, 0.5) is 11.4 Å². The second-order valence-corrected chi connectivity index (χ2v) is 8.59. The van der Waals surface area contributed by atoms with E-state index in [1.807, 2.05) is 0 Å². The van der Waals surface area contributed by atoms with E-state index in [9.17, 15) is 13.2 Å². The summed E-state index contributed by atoms with van der Waals surface area (Å²) in [5.74, 6) is -0.239. The Labute approximate surface area is 166 Å². The van der Waals surface area contributed by atoms with Gasteiger partial charge in [0.15, 0.2) is 0 Å². The van der Waals surface area contributed by atoms with Crippen molar-refractivity contribution in [2.24, 2.45) is 5.92 Å². The molecule has 2 N–H and O–H groups in total. The van der Waals surface area contributed by atoms with Crippen LogP contribution in [0.15, 0.2) is 51.8 Å². The zero-order valence-corrected chi connectivity index (χ0v) is 17.0. The van der Waals surface area contributed by atoms with Crippen molar-refractivity contribution < 1.29 is 22.7 Å². The standard InChI is InChI=1S/C18H19BrN2O5S/c1-25-16-7-6-15(20-18(22)12-8-9-26-11-12)10-17(16)27(23,24)21-14-4-2-13(19)3-5-14/h2-7,10,12,21H,8-9,11H2,1H3,(H,20,22). The van der Waals surface area contributed by atoms with Crippen LogP contribution in [0.25, 0.3) is 0 Å². The van der Waals surface area contributed by atoms with Gasteiger partial charge in [-0.3, -0.25) is 9.52 Å². The highest BCUT2D eigenvalue weighted by molar-refractivity contribution is 9.10. The first-order valence-corrected chi connectivity index (χ1v) is 10.5. The van der Waals surface area contributed by atoms with Gasteiger partial charge in [-0.2, -0.15) is 0 Å². The van der Waals surface area contributed by atoms with Crippen molar-refractivity contribution in [3.05, 3.63) is 46.9 Å². The fourth-order valence-corrected chi connectivity index (χ4v) is 4.20. The highest BCUT2D eigenvalue weighted by Crippen LogP contribution is 2.29. The van der Waals surface area contributed by atoms with E-state index in [1.165, 1.54) is 19.2 Å². The molecule has 0 spiro atoms. The number of hydrogen-bond donors (Lipinski definition) is 2. The van der Waals surface area contributed by atoms with Gasteiger partial charge in [-0.1, -0.05) is 15.9 Å². The number of amides is 1. The Morgan fingerprint density at radius 1 is 1.19 bits per heavy atom. The SMILES string of the molecule is COc1ccc(NC(=O)C2CCOC2)cc1S(=O)(=O)Nc1ccc(Br)cc1. The lowest BCUT2D eigenvalue weighted by molar-refractivity contribution is -0.119. The topological polar surface area (TPSA) is 93.7 Å². The average Bonchev–Trinajstić information content (AvgIpc) is 3.18. The lowest BCUT2D eigenvalue weighted by atomic mass is 10.1. The highest BCUT2D eigenvalue weighted by atomic mass is 79.9. The number of methoxy groups -OCH3 is 1. The minimum Gasteiger partial charge on any atom is -0.495 e. The van der Waals surface area contributed by atoms with Gasteiger partial charge in [0.05, 0.1) is 19.6 Å². The summed E-state index contributed by atoms with van der Waals surface area (Å²) in [6.07, 6.45) is 0.651. The monoisotopic (exact) mass is 454 g/mol. The zero-order chi connectivity index (χ0) is 19.4. The van der Waals surface area contributed by atoms with E-state index in [0.29, 0.717) is 31.0 Å². The molecule has 1 heterocycles. The Morgan fingerprint density at radius 3 is 2.52 bits per heavy atom. The maximum Gasteiger partial charge on any atom is 0.265 e. The maximum absolute atomic E-state index is 12.8. The predicted molar refractivity (Wildman–Crippen MR) is 106 cm³/mol. The van der Waals surface area contributed by atoms with Crippen LogP contribution in [0, 0.1) is 5.92 Å². The summed E-state index contributed by atoms with van der Waals surface area (Å²) < 4.78 is 39.4. The Hall–Kier alpha value is -2.10. The Balaban J connectivity index is 1.85. The van der Waals surface area contributed by atoms with Crippen LogP contribution >= 0.6 is 15.9 Å². The molecule has 1 fully saturated rings. The van der Waals surface area contributed by atoms with Crippen molar-refractivity contribution in [2.45, 2.75) is 11.3 Å². The molecule has 0 radical (unpaired) electrons. The molecule has 0 aromatic heterocycles. The number of halogens is 1. The molecule has 2 aromatic rings. The largest absolute Gasteiger partial charge is 0.495 e. The second kappa shape index (κ2) is 8.28. The third kappa shape index (κ3) is 4.79. The fraction of sp³-hybridized carbons (Fsp3) is 0.278. The van der Waals surface area contributed by atoms with Gasteiger partial charge in [0, 0.05) is 22.5 Å². The number of hydrogen-bond acceptors (Lipinski definition) is 5. The van der Waals surface area contributed by atoms with Crippen LogP contribution < -0.4 is 14.8 Å². The van der Waals surface area contributed by atoms with Crippen molar-refractivity contribution >= 4 is 43.2 Å². The molecule has 1 unspecified atom stereocenters. The van der Waals surface area contributed by atoms with Gasteiger partial charge in [-0.05, 0) is 48.9 Å². The molecule has 144 valence electrons. The molecule has 1 saturated heterocycles. The zero-order valence-electron chi connectivity index (χ0n) is 14.6. The molecule has 1 aliphatic rings. The highest BCUT2D eigenvalue weighted by Gasteiger charge is 2.25. The first kappa shape index (κ1) is 19.7. The minimum absolute atomic E-state index is 0.0617. The molecule has 1 amide bonds. The molecule has 3 rings (SSSR count). The maximum atomic E-state index is 12.8. The van der Waals surface area contributed by atoms with E-state index in [-0.39, 0.29) is 22.5 Å². The Morgan fingerprint density at radius 2 is 1.89 bits per heavy atom. The van der Waals surface area contributed by atoms with Crippen molar-refractivity contribution in [2.75, 3.05) is 30.4 Å². The third-order valence-electron chi connectivity index (χ3n) is 4.12. The molecule has 9 heteroatoms. The van der Waals surface area contributed by atoms with Crippen molar-refractivity contribution in [1.82, 2.24) is 0 Å². The molecular formula is C18H19BrN2O5S. The molecule has 0 aliphatic carbocycles. The van der Waals surface area contributed by atoms with Crippen LogP contribution in [0.5, 0.6) is 5.75 Å². The van der Waals surface area contributed by atoms with Crippen LogP contribution in [0.1, 0.15) is 6.42 Å². The van der Waals surface area contributed by atoms with Gasteiger partial charge in [0.2, 0.25) is 5.91 Å². The third-order valence-corrected chi connectivity index (χ3v) is 6.05. The number of nitrogens with one attached hydrogen (secondary N) is 2. The lowest BCUT2D eigenvalue weighted by Crippen LogP contribution is -2.23.